The van der Waals surface area contributed by atoms with Gasteiger partial charge < -0.3 is 10.2 Å². The number of para-hydroxylation sites is 1. The maximum absolute atomic E-state index is 4.76. The summed E-state index contributed by atoms with van der Waals surface area (Å²) < 4.78 is 0. The third kappa shape index (κ3) is 2.01. The average Bonchev–Trinajstić information content (AvgIpc) is 2.91. The van der Waals surface area contributed by atoms with E-state index in [-0.39, 0.29) is 0 Å². The van der Waals surface area contributed by atoms with Gasteiger partial charge in [-0.1, -0.05) is 25.1 Å². The molecule has 1 N–H and O–H groups in total. The number of anilines is 3. The summed E-state index contributed by atoms with van der Waals surface area (Å²) in [5, 5.41) is 3.18. The van der Waals surface area contributed by atoms with Crippen LogP contribution in [0.25, 0.3) is 0 Å². The van der Waals surface area contributed by atoms with Gasteiger partial charge in [0, 0.05) is 31.3 Å². The molecule has 104 valence electrons. The summed E-state index contributed by atoms with van der Waals surface area (Å²) >= 11 is 0. The summed E-state index contributed by atoms with van der Waals surface area (Å²) in [4.78, 5) is 11.6. The first-order chi connectivity index (χ1) is 9.74. The molecule has 0 aliphatic carbocycles. The van der Waals surface area contributed by atoms with Gasteiger partial charge in [0.2, 0.25) is 0 Å². The topological polar surface area (TPSA) is 41.1 Å². The number of nitrogens with one attached hydrogen (secondary N) is 1. The van der Waals surface area contributed by atoms with Crippen molar-refractivity contribution in [3.63, 3.8) is 0 Å². The Bertz CT molecular complexity index is 636. The summed E-state index contributed by atoms with van der Waals surface area (Å²) in [7, 11) is 1.91. The van der Waals surface area contributed by atoms with Gasteiger partial charge in [0.1, 0.15) is 17.5 Å². The van der Waals surface area contributed by atoms with Crippen LogP contribution in [-0.2, 0) is 12.8 Å². The quantitative estimate of drug-likeness (QED) is 0.928. The van der Waals surface area contributed by atoms with Crippen molar-refractivity contribution in [1.29, 1.82) is 0 Å². The highest BCUT2D eigenvalue weighted by Crippen LogP contribution is 2.36. The van der Waals surface area contributed by atoms with Gasteiger partial charge in [-0.3, -0.25) is 0 Å². The molecule has 20 heavy (non-hydrogen) atoms. The zero-order chi connectivity index (χ0) is 14.1. The van der Waals surface area contributed by atoms with Crippen LogP contribution in [0, 0.1) is 6.92 Å². The van der Waals surface area contributed by atoms with Crippen molar-refractivity contribution < 1.29 is 0 Å². The standard InChI is InChI=1S/C16H20N4/c1-4-14-18-15(17-3)11(2)16(19-14)20-10-9-12-7-5-6-8-13(12)20/h5-8H,4,9-10H2,1-3H3,(H,17,18,19). The van der Waals surface area contributed by atoms with Crippen LogP contribution in [0.15, 0.2) is 24.3 Å². The second-order valence-corrected chi connectivity index (χ2v) is 5.07. The lowest BCUT2D eigenvalue weighted by Gasteiger charge is -2.22. The molecule has 0 amide bonds. The lowest BCUT2D eigenvalue weighted by Crippen LogP contribution is -2.18. The zero-order valence-corrected chi connectivity index (χ0v) is 12.3. The van der Waals surface area contributed by atoms with E-state index in [1.54, 1.807) is 0 Å². The molecule has 0 unspecified atom stereocenters. The minimum absolute atomic E-state index is 0.845. The van der Waals surface area contributed by atoms with Crippen LogP contribution >= 0.6 is 0 Å². The van der Waals surface area contributed by atoms with Crippen molar-refractivity contribution in [3.05, 3.63) is 41.2 Å². The Morgan fingerprint density at radius 1 is 1.25 bits per heavy atom. The third-order valence-corrected chi connectivity index (χ3v) is 3.86. The van der Waals surface area contributed by atoms with Gasteiger partial charge in [-0.25, -0.2) is 9.97 Å². The molecule has 1 aliphatic rings. The van der Waals surface area contributed by atoms with Gasteiger partial charge >= 0.3 is 0 Å². The normalized spacial score (nSPS) is 13.4. The second-order valence-electron chi connectivity index (χ2n) is 5.07. The van der Waals surface area contributed by atoms with E-state index in [0.717, 1.165) is 42.4 Å². The smallest absolute Gasteiger partial charge is 0.141 e. The minimum Gasteiger partial charge on any atom is -0.373 e. The molecule has 4 heteroatoms. The summed E-state index contributed by atoms with van der Waals surface area (Å²) in [6.45, 7) is 5.16. The Labute approximate surface area is 119 Å². The molecule has 0 fully saturated rings. The molecule has 1 aromatic carbocycles. The molecule has 1 aliphatic heterocycles. The first kappa shape index (κ1) is 12.9. The fourth-order valence-electron chi connectivity index (χ4n) is 2.77. The molecule has 2 heterocycles. The highest BCUT2D eigenvalue weighted by molar-refractivity contribution is 5.72. The van der Waals surface area contributed by atoms with Crippen LogP contribution in [0.4, 0.5) is 17.3 Å². The first-order valence-corrected chi connectivity index (χ1v) is 7.15. The number of fused-ring (bicyclic) bond motifs is 1. The van der Waals surface area contributed by atoms with Crippen molar-refractivity contribution in [2.75, 3.05) is 23.8 Å². The van der Waals surface area contributed by atoms with Gasteiger partial charge in [0.25, 0.3) is 0 Å². The Morgan fingerprint density at radius 2 is 2.05 bits per heavy atom. The van der Waals surface area contributed by atoms with Gasteiger partial charge in [-0.15, -0.1) is 0 Å². The fourth-order valence-corrected chi connectivity index (χ4v) is 2.77. The van der Waals surface area contributed by atoms with E-state index < -0.39 is 0 Å². The zero-order valence-electron chi connectivity index (χ0n) is 12.3. The monoisotopic (exact) mass is 268 g/mol. The summed E-state index contributed by atoms with van der Waals surface area (Å²) in [6, 6.07) is 8.57. The van der Waals surface area contributed by atoms with Crippen LogP contribution in [0.1, 0.15) is 23.9 Å². The van der Waals surface area contributed by atoms with Crippen molar-refractivity contribution in [3.8, 4) is 0 Å². The Balaban J connectivity index is 2.11. The number of aromatic nitrogens is 2. The molecule has 2 aromatic rings. The van der Waals surface area contributed by atoms with Crippen molar-refractivity contribution in [2.45, 2.75) is 26.7 Å². The maximum atomic E-state index is 4.76. The van der Waals surface area contributed by atoms with Crippen molar-refractivity contribution in [1.82, 2.24) is 9.97 Å². The highest BCUT2D eigenvalue weighted by atomic mass is 15.2. The number of aryl methyl sites for hydroxylation is 1. The van der Waals surface area contributed by atoms with E-state index in [0.29, 0.717) is 0 Å². The van der Waals surface area contributed by atoms with E-state index >= 15 is 0 Å². The van der Waals surface area contributed by atoms with Crippen molar-refractivity contribution >= 4 is 17.3 Å². The van der Waals surface area contributed by atoms with Crippen LogP contribution in [-0.4, -0.2) is 23.6 Å². The lowest BCUT2D eigenvalue weighted by atomic mass is 10.2. The van der Waals surface area contributed by atoms with Crippen LogP contribution < -0.4 is 10.2 Å². The number of hydrogen-bond donors (Lipinski definition) is 1. The SMILES string of the molecule is CCc1nc(NC)c(C)c(N2CCc3ccccc32)n1. The molecular formula is C16H20N4. The molecule has 0 atom stereocenters. The van der Waals surface area contributed by atoms with Crippen LogP contribution in [0.2, 0.25) is 0 Å². The van der Waals surface area contributed by atoms with Gasteiger partial charge in [0.05, 0.1) is 0 Å². The van der Waals surface area contributed by atoms with E-state index in [1.165, 1.54) is 11.3 Å². The van der Waals surface area contributed by atoms with Crippen LogP contribution in [0.3, 0.4) is 0 Å². The lowest BCUT2D eigenvalue weighted by molar-refractivity contribution is 0.893. The minimum atomic E-state index is 0.845. The Kier molecular flexibility index (Phi) is 3.30. The van der Waals surface area contributed by atoms with E-state index in [1.807, 2.05) is 7.05 Å². The molecule has 0 saturated heterocycles. The molecule has 0 saturated carbocycles. The predicted molar refractivity (Wildman–Crippen MR) is 82.8 cm³/mol. The molecule has 0 radical (unpaired) electrons. The van der Waals surface area contributed by atoms with E-state index in [9.17, 15) is 0 Å². The maximum Gasteiger partial charge on any atom is 0.141 e. The average molecular weight is 268 g/mol. The molecule has 4 nitrogen and oxygen atoms in total. The molecule has 0 bridgehead atoms. The highest BCUT2D eigenvalue weighted by Gasteiger charge is 2.23. The summed E-state index contributed by atoms with van der Waals surface area (Å²) in [5.41, 5.74) is 3.79. The number of rotatable bonds is 3. The van der Waals surface area contributed by atoms with E-state index in [4.69, 9.17) is 4.98 Å². The van der Waals surface area contributed by atoms with Gasteiger partial charge in [-0.05, 0) is 25.0 Å². The molecule has 3 rings (SSSR count). The van der Waals surface area contributed by atoms with Crippen LogP contribution in [0.5, 0.6) is 0 Å². The first-order valence-electron chi connectivity index (χ1n) is 7.15. The van der Waals surface area contributed by atoms with E-state index in [2.05, 4.69) is 53.3 Å². The summed E-state index contributed by atoms with van der Waals surface area (Å²) in [6.07, 6.45) is 1.92. The van der Waals surface area contributed by atoms with Crippen molar-refractivity contribution in [2.24, 2.45) is 0 Å². The predicted octanol–water partition coefficient (Wildman–Crippen LogP) is 3.08. The number of hydrogen-bond acceptors (Lipinski definition) is 4. The third-order valence-electron chi connectivity index (χ3n) is 3.86. The second kappa shape index (κ2) is 5.12. The Morgan fingerprint density at radius 3 is 2.80 bits per heavy atom. The summed E-state index contributed by atoms with van der Waals surface area (Å²) in [5.74, 6) is 2.85. The van der Waals surface area contributed by atoms with Gasteiger partial charge in [-0.2, -0.15) is 0 Å². The number of nitrogens with zero attached hydrogens (tertiary/aromatic N) is 3. The molecule has 0 spiro atoms. The van der Waals surface area contributed by atoms with Gasteiger partial charge in [0.15, 0.2) is 0 Å². The Hall–Kier alpha value is -2.10. The fraction of sp³-hybridized carbons (Fsp3) is 0.375. The number of benzene rings is 1. The largest absolute Gasteiger partial charge is 0.373 e. The molecule has 1 aromatic heterocycles. The molecular weight excluding hydrogens is 248 g/mol.